The first kappa shape index (κ1) is 15.1. The fraction of sp³-hybridized carbons (Fsp3) is 0.0667. The largest absolute Gasteiger partial charge is 0.389 e. The number of hydrogen-bond acceptors (Lipinski definition) is 2. The van der Waals surface area contributed by atoms with E-state index in [4.69, 9.17) is 18.0 Å². The summed E-state index contributed by atoms with van der Waals surface area (Å²) in [6.45, 7) is 1.44. The minimum atomic E-state index is -0.701. The van der Waals surface area contributed by atoms with Gasteiger partial charge in [0.2, 0.25) is 0 Å². The number of hydrogen-bond donors (Lipinski definition) is 2. The van der Waals surface area contributed by atoms with E-state index < -0.39 is 17.5 Å². The normalized spacial score (nSPS) is 10.2. The summed E-state index contributed by atoms with van der Waals surface area (Å²) in [4.78, 5) is 12.2. The Hall–Kier alpha value is -2.34. The molecule has 3 nitrogen and oxygen atoms in total. The van der Waals surface area contributed by atoms with Gasteiger partial charge >= 0.3 is 0 Å². The molecule has 1 amide bonds. The molecule has 2 aromatic rings. The summed E-state index contributed by atoms with van der Waals surface area (Å²) < 4.78 is 27.1. The van der Waals surface area contributed by atoms with Crippen molar-refractivity contribution < 1.29 is 13.6 Å². The van der Waals surface area contributed by atoms with Crippen LogP contribution in [0, 0.1) is 18.6 Å². The predicted molar refractivity (Wildman–Crippen MR) is 81.4 cm³/mol. The second-order valence-corrected chi connectivity index (χ2v) is 4.92. The molecule has 0 fully saturated rings. The number of nitrogens with two attached hydrogens (primary N) is 1. The molecule has 0 spiro atoms. The van der Waals surface area contributed by atoms with Gasteiger partial charge in [-0.25, -0.2) is 8.78 Å². The number of benzene rings is 2. The number of nitrogens with one attached hydrogen (secondary N) is 1. The van der Waals surface area contributed by atoms with E-state index in [1.807, 2.05) is 0 Å². The van der Waals surface area contributed by atoms with Gasteiger partial charge in [0, 0.05) is 17.2 Å². The van der Waals surface area contributed by atoms with Crippen LogP contribution in [0.3, 0.4) is 0 Å². The molecule has 0 bridgehead atoms. The minimum Gasteiger partial charge on any atom is -0.389 e. The Kier molecular flexibility index (Phi) is 4.28. The lowest BCUT2D eigenvalue weighted by molar-refractivity contribution is 0.102. The maximum absolute atomic E-state index is 13.7. The van der Waals surface area contributed by atoms with E-state index in [9.17, 15) is 13.6 Å². The van der Waals surface area contributed by atoms with Crippen LogP contribution in [0.1, 0.15) is 21.5 Å². The second kappa shape index (κ2) is 5.97. The predicted octanol–water partition coefficient (Wildman–Crippen LogP) is 3.16. The molecule has 108 valence electrons. The van der Waals surface area contributed by atoms with Gasteiger partial charge < -0.3 is 11.1 Å². The highest BCUT2D eigenvalue weighted by molar-refractivity contribution is 7.80. The van der Waals surface area contributed by atoms with Crippen LogP contribution in [0.15, 0.2) is 36.4 Å². The van der Waals surface area contributed by atoms with E-state index >= 15 is 0 Å². The number of amides is 1. The summed E-state index contributed by atoms with van der Waals surface area (Å²) in [6.07, 6.45) is 0. The number of anilines is 1. The van der Waals surface area contributed by atoms with Crippen LogP contribution in [-0.4, -0.2) is 10.9 Å². The Morgan fingerprint density at radius 1 is 1.14 bits per heavy atom. The first-order chi connectivity index (χ1) is 9.88. The molecule has 0 aromatic heterocycles. The van der Waals surface area contributed by atoms with Gasteiger partial charge in [-0.1, -0.05) is 24.4 Å². The zero-order chi connectivity index (χ0) is 15.6. The molecule has 0 radical (unpaired) electrons. The Bertz CT molecular complexity index is 732. The van der Waals surface area contributed by atoms with Crippen LogP contribution in [-0.2, 0) is 0 Å². The van der Waals surface area contributed by atoms with Crippen LogP contribution in [0.2, 0.25) is 0 Å². The zero-order valence-corrected chi connectivity index (χ0v) is 11.9. The van der Waals surface area contributed by atoms with Crippen LogP contribution in [0.5, 0.6) is 0 Å². The number of carbonyl (C=O) groups is 1. The highest BCUT2D eigenvalue weighted by atomic mass is 32.1. The van der Waals surface area contributed by atoms with Gasteiger partial charge in [-0.05, 0) is 30.7 Å². The van der Waals surface area contributed by atoms with Crippen molar-refractivity contribution in [2.45, 2.75) is 6.92 Å². The molecule has 2 aromatic carbocycles. The van der Waals surface area contributed by atoms with Crippen molar-refractivity contribution in [1.29, 1.82) is 0 Å². The Balaban J connectivity index is 2.28. The summed E-state index contributed by atoms with van der Waals surface area (Å²) in [5.41, 5.74) is 6.21. The van der Waals surface area contributed by atoms with Crippen molar-refractivity contribution >= 4 is 28.8 Å². The summed E-state index contributed by atoms with van der Waals surface area (Å²) in [5, 5.41) is 2.32. The lowest BCUT2D eigenvalue weighted by atomic mass is 10.1. The average molecular weight is 306 g/mol. The molecule has 21 heavy (non-hydrogen) atoms. The van der Waals surface area contributed by atoms with E-state index in [0.717, 1.165) is 12.1 Å². The van der Waals surface area contributed by atoms with Crippen molar-refractivity contribution in [2.24, 2.45) is 5.73 Å². The summed E-state index contributed by atoms with van der Waals surface area (Å²) >= 11 is 4.83. The molecule has 0 unspecified atom stereocenters. The van der Waals surface area contributed by atoms with E-state index in [1.54, 1.807) is 12.1 Å². The smallest absolute Gasteiger partial charge is 0.255 e. The van der Waals surface area contributed by atoms with Crippen molar-refractivity contribution in [2.75, 3.05) is 5.32 Å². The fourth-order valence-electron chi connectivity index (χ4n) is 1.75. The number of aryl methyl sites for hydroxylation is 1. The maximum atomic E-state index is 13.7. The monoisotopic (exact) mass is 306 g/mol. The maximum Gasteiger partial charge on any atom is 0.255 e. The molecule has 0 aliphatic carbocycles. The molecule has 0 aliphatic heterocycles. The number of rotatable bonds is 3. The van der Waals surface area contributed by atoms with Crippen molar-refractivity contribution in [3.63, 3.8) is 0 Å². The third kappa shape index (κ3) is 3.41. The Morgan fingerprint density at radius 3 is 2.48 bits per heavy atom. The first-order valence-corrected chi connectivity index (χ1v) is 6.46. The third-order valence-electron chi connectivity index (χ3n) is 2.91. The van der Waals surface area contributed by atoms with Crippen LogP contribution in [0.25, 0.3) is 0 Å². The van der Waals surface area contributed by atoms with Crippen molar-refractivity contribution in [3.05, 3.63) is 64.7 Å². The molecular weight excluding hydrogens is 294 g/mol. The Morgan fingerprint density at radius 2 is 1.81 bits per heavy atom. The van der Waals surface area contributed by atoms with E-state index in [2.05, 4.69) is 5.32 Å². The second-order valence-electron chi connectivity index (χ2n) is 4.48. The topological polar surface area (TPSA) is 55.1 Å². The van der Waals surface area contributed by atoms with Gasteiger partial charge in [-0.15, -0.1) is 0 Å². The van der Waals surface area contributed by atoms with Gasteiger partial charge in [0.05, 0.1) is 5.69 Å². The highest BCUT2D eigenvalue weighted by Crippen LogP contribution is 2.19. The van der Waals surface area contributed by atoms with Crippen LogP contribution < -0.4 is 11.1 Å². The van der Waals surface area contributed by atoms with E-state index in [0.29, 0.717) is 5.56 Å². The van der Waals surface area contributed by atoms with Crippen molar-refractivity contribution in [1.82, 2.24) is 0 Å². The average Bonchev–Trinajstić information content (AvgIpc) is 2.44. The summed E-state index contributed by atoms with van der Waals surface area (Å²) in [6, 6.07) is 8.25. The van der Waals surface area contributed by atoms with Crippen LogP contribution in [0.4, 0.5) is 14.5 Å². The van der Waals surface area contributed by atoms with Gasteiger partial charge in [-0.2, -0.15) is 0 Å². The molecule has 3 N–H and O–H groups in total. The number of carbonyl (C=O) groups excluding carboxylic acids is 1. The molecule has 2 rings (SSSR count). The number of halogens is 2. The highest BCUT2D eigenvalue weighted by Gasteiger charge is 2.12. The van der Waals surface area contributed by atoms with Crippen LogP contribution >= 0.6 is 12.2 Å². The summed E-state index contributed by atoms with van der Waals surface area (Å²) in [5.74, 6) is -1.87. The van der Waals surface area contributed by atoms with E-state index in [1.165, 1.54) is 19.1 Å². The van der Waals surface area contributed by atoms with Gasteiger partial charge in [-0.3, -0.25) is 4.79 Å². The molecule has 0 saturated heterocycles. The molecule has 0 atom stereocenters. The van der Waals surface area contributed by atoms with Crippen molar-refractivity contribution in [3.8, 4) is 0 Å². The SMILES string of the molecule is Cc1cc(F)c(NC(=O)c2cccc(C(N)=S)c2)cc1F. The Labute approximate surface area is 125 Å². The first-order valence-electron chi connectivity index (χ1n) is 6.05. The fourth-order valence-corrected chi connectivity index (χ4v) is 1.88. The molecule has 6 heteroatoms. The molecule has 0 heterocycles. The van der Waals surface area contributed by atoms with Gasteiger partial charge in [0.15, 0.2) is 0 Å². The third-order valence-corrected chi connectivity index (χ3v) is 3.14. The molecular formula is C15H12F2N2OS. The minimum absolute atomic E-state index is 0.150. The lowest BCUT2D eigenvalue weighted by Crippen LogP contribution is -2.15. The van der Waals surface area contributed by atoms with Gasteiger partial charge in [0.1, 0.15) is 16.6 Å². The summed E-state index contributed by atoms with van der Waals surface area (Å²) in [7, 11) is 0. The standard InChI is InChI=1S/C15H12F2N2OS/c1-8-5-12(17)13(7-11(8)16)19-15(20)10-4-2-3-9(6-10)14(18)21/h2-7H,1H3,(H2,18,21)(H,19,20). The molecule has 0 saturated carbocycles. The van der Waals surface area contributed by atoms with E-state index in [-0.39, 0.29) is 21.8 Å². The number of thiocarbonyl (C=S) groups is 1. The quantitative estimate of drug-likeness (QED) is 0.857. The zero-order valence-electron chi connectivity index (χ0n) is 11.1. The molecule has 0 aliphatic rings. The lowest BCUT2D eigenvalue weighted by Gasteiger charge is -2.09. The van der Waals surface area contributed by atoms with Gasteiger partial charge in [0.25, 0.3) is 5.91 Å².